The highest BCUT2D eigenvalue weighted by molar-refractivity contribution is 5.60. The van der Waals surface area contributed by atoms with Crippen LogP contribution in [-0.4, -0.2) is 24.7 Å². The fraction of sp³-hybridized carbons (Fsp3) is 0.476. The maximum atomic E-state index is 13.2. The predicted molar refractivity (Wildman–Crippen MR) is 100 cm³/mol. The summed E-state index contributed by atoms with van der Waals surface area (Å²) in [6.45, 7) is 3.03. The lowest BCUT2D eigenvalue weighted by molar-refractivity contribution is -0.141. The first kappa shape index (κ1) is 21.4. The zero-order chi connectivity index (χ0) is 19.7. The van der Waals surface area contributed by atoms with Crippen molar-refractivity contribution >= 4 is 0 Å². The molecule has 0 radical (unpaired) electrons. The lowest BCUT2D eigenvalue weighted by Gasteiger charge is -2.12. The highest BCUT2D eigenvalue weighted by atomic mass is 19.4. The molecule has 2 nitrogen and oxygen atoms in total. The summed E-state index contributed by atoms with van der Waals surface area (Å²) in [5.74, 6) is 0. The molecule has 2 aromatic rings. The van der Waals surface area contributed by atoms with Crippen LogP contribution in [0.15, 0.2) is 36.4 Å². The second-order valence-corrected chi connectivity index (χ2v) is 6.71. The van der Waals surface area contributed by atoms with Gasteiger partial charge in [0.15, 0.2) is 0 Å². The summed E-state index contributed by atoms with van der Waals surface area (Å²) >= 11 is 0. The van der Waals surface area contributed by atoms with Crippen LogP contribution in [0.3, 0.4) is 0 Å². The number of hydrogen-bond donors (Lipinski definition) is 1. The van der Waals surface area contributed by atoms with Gasteiger partial charge in [-0.1, -0.05) is 42.7 Å². The van der Waals surface area contributed by atoms with Crippen LogP contribution in [0.2, 0.25) is 0 Å². The van der Waals surface area contributed by atoms with Gasteiger partial charge in [-0.3, -0.25) is 4.39 Å². The number of pyridine rings is 1. The second kappa shape index (κ2) is 10.4. The zero-order valence-corrected chi connectivity index (χ0v) is 15.6. The van der Waals surface area contributed by atoms with E-state index in [-0.39, 0.29) is 6.67 Å². The molecule has 0 amide bonds. The second-order valence-electron chi connectivity index (χ2n) is 6.71. The molecule has 0 aliphatic heterocycles. The maximum absolute atomic E-state index is 13.2. The third kappa shape index (κ3) is 7.29. The molecular formula is C21H26F4N2. The number of nitrogens with zero attached hydrogens (tertiary/aromatic N) is 1. The van der Waals surface area contributed by atoms with E-state index in [9.17, 15) is 17.6 Å². The van der Waals surface area contributed by atoms with Crippen molar-refractivity contribution in [1.29, 1.82) is 0 Å². The van der Waals surface area contributed by atoms with E-state index in [1.807, 2.05) is 19.1 Å². The van der Waals surface area contributed by atoms with Gasteiger partial charge in [-0.25, -0.2) is 4.98 Å². The molecule has 0 aliphatic carbocycles. The molecule has 0 saturated heterocycles. The summed E-state index contributed by atoms with van der Waals surface area (Å²) in [7, 11) is 0. The topological polar surface area (TPSA) is 24.9 Å². The number of nitrogens with one attached hydrogen (secondary N) is 1. The smallest absolute Gasteiger partial charge is 0.316 e. The third-order valence-corrected chi connectivity index (χ3v) is 4.35. The van der Waals surface area contributed by atoms with Crippen molar-refractivity contribution in [2.75, 3.05) is 19.8 Å². The van der Waals surface area contributed by atoms with E-state index < -0.39 is 11.9 Å². The van der Waals surface area contributed by atoms with Crippen LogP contribution in [0.5, 0.6) is 0 Å². The molecule has 0 bridgehead atoms. The molecule has 0 unspecified atom stereocenters. The lowest BCUT2D eigenvalue weighted by atomic mass is 10.0. The van der Waals surface area contributed by atoms with Gasteiger partial charge in [0.25, 0.3) is 0 Å². The average molecular weight is 382 g/mol. The Kier molecular flexibility index (Phi) is 8.23. The third-order valence-electron chi connectivity index (χ3n) is 4.35. The van der Waals surface area contributed by atoms with Crippen molar-refractivity contribution in [3.8, 4) is 11.3 Å². The first-order valence-corrected chi connectivity index (χ1v) is 9.32. The molecular weight excluding hydrogens is 356 g/mol. The molecule has 6 heteroatoms. The van der Waals surface area contributed by atoms with Gasteiger partial charge in [0.2, 0.25) is 0 Å². The molecule has 0 spiro atoms. The summed E-state index contributed by atoms with van der Waals surface area (Å²) in [6, 6.07) is 10.2. The number of halogens is 4. The van der Waals surface area contributed by atoms with E-state index in [0.29, 0.717) is 36.2 Å². The molecule has 1 aromatic heterocycles. The van der Waals surface area contributed by atoms with Gasteiger partial charge in [0.05, 0.1) is 12.4 Å². The van der Waals surface area contributed by atoms with Gasteiger partial charge in [-0.2, -0.15) is 13.2 Å². The number of alkyl halides is 4. The fourth-order valence-corrected chi connectivity index (χ4v) is 2.80. The predicted octanol–water partition coefficient (Wildman–Crippen LogP) is 5.74. The monoisotopic (exact) mass is 382 g/mol. The van der Waals surface area contributed by atoms with Gasteiger partial charge in [-0.05, 0) is 57.0 Å². The van der Waals surface area contributed by atoms with Crippen molar-refractivity contribution in [2.24, 2.45) is 0 Å². The van der Waals surface area contributed by atoms with Gasteiger partial charge in [-0.15, -0.1) is 0 Å². The number of unbranched alkanes of at least 4 members (excludes halogenated alkanes) is 3. The first-order valence-electron chi connectivity index (χ1n) is 9.32. The van der Waals surface area contributed by atoms with Crippen LogP contribution in [0.25, 0.3) is 11.3 Å². The Morgan fingerprint density at radius 1 is 0.926 bits per heavy atom. The molecule has 1 aromatic carbocycles. The van der Waals surface area contributed by atoms with Crippen LogP contribution in [0.4, 0.5) is 17.6 Å². The van der Waals surface area contributed by atoms with Crippen LogP contribution in [0.1, 0.15) is 42.5 Å². The number of hydrogen-bond acceptors (Lipinski definition) is 2. The minimum absolute atomic E-state index is 0.277. The Bertz CT molecular complexity index is 696. The number of aromatic nitrogens is 1. The molecule has 0 fully saturated rings. The SMILES string of the molecule is Cc1ccc(-c2cc(CCNCCCCCCF)cc(C(F)(F)F)n2)cc1. The van der Waals surface area contributed by atoms with Gasteiger partial charge >= 0.3 is 6.18 Å². The van der Waals surface area contributed by atoms with E-state index >= 15 is 0 Å². The fourth-order valence-electron chi connectivity index (χ4n) is 2.80. The first-order chi connectivity index (χ1) is 12.9. The van der Waals surface area contributed by atoms with Gasteiger partial charge in [0.1, 0.15) is 5.69 Å². The number of aryl methyl sites for hydroxylation is 1. The van der Waals surface area contributed by atoms with E-state index in [1.54, 1.807) is 18.2 Å². The van der Waals surface area contributed by atoms with Gasteiger partial charge in [0, 0.05) is 5.56 Å². The Balaban J connectivity index is 2.00. The van der Waals surface area contributed by atoms with Crippen molar-refractivity contribution < 1.29 is 17.6 Å². The molecule has 1 heterocycles. The van der Waals surface area contributed by atoms with Gasteiger partial charge < -0.3 is 5.32 Å². The Labute approximate surface area is 158 Å². The van der Waals surface area contributed by atoms with Crippen LogP contribution >= 0.6 is 0 Å². The largest absolute Gasteiger partial charge is 0.433 e. The van der Waals surface area contributed by atoms with Crippen LogP contribution in [0, 0.1) is 6.92 Å². The summed E-state index contributed by atoms with van der Waals surface area (Å²) in [6.07, 6.45) is -0.606. The zero-order valence-electron chi connectivity index (χ0n) is 15.6. The Hall–Kier alpha value is -1.95. The van der Waals surface area contributed by atoms with Crippen molar-refractivity contribution in [2.45, 2.75) is 45.2 Å². The van der Waals surface area contributed by atoms with E-state index in [1.165, 1.54) is 0 Å². The standard InChI is InChI=1S/C21H26F4N2/c1-16-6-8-18(9-7-16)19-14-17(15-20(27-19)21(23,24)25)10-13-26-12-5-3-2-4-11-22/h6-9,14-15,26H,2-5,10-13H2,1H3. The molecule has 148 valence electrons. The molecule has 27 heavy (non-hydrogen) atoms. The number of benzene rings is 1. The Morgan fingerprint density at radius 3 is 2.30 bits per heavy atom. The van der Waals surface area contributed by atoms with Crippen LogP contribution in [-0.2, 0) is 12.6 Å². The minimum Gasteiger partial charge on any atom is -0.316 e. The number of rotatable bonds is 10. The highest BCUT2D eigenvalue weighted by Gasteiger charge is 2.33. The van der Waals surface area contributed by atoms with E-state index in [2.05, 4.69) is 10.3 Å². The normalized spacial score (nSPS) is 11.7. The maximum Gasteiger partial charge on any atom is 0.433 e. The molecule has 0 atom stereocenters. The van der Waals surface area contributed by atoms with E-state index in [0.717, 1.165) is 37.4 Å². The molecule has 0 aliphatic rings. The minimum atomic E-state index is -4.47. The molecule has 0 saturated carbocycles. The van der Waals surface area contributed by atoms with Crippen molar-refractivity contribution in [3.05, 3.63) is 53.2 Å². The van der Waals surface area contributed by atoms with E-state index in [4.69, 9.17) is 0 Å². The summed E-state index contributed by atoms with van der Waals surface area (Å²) in [4.78, 5) is 3.81. The average Bonchev–Trinajstić information content (AvgIpc) is 2.63. The molecule has 2 rings (SSSR count). The molecule has 1 N–H and O–H groups in total. The Morgan fingerprint density at radius 2 is 1.63 bits per heavy atom. The van der Waals surface area contributed by atoms with Crippen molar-refractivity contribution in [1.82, 2.24) is 10.3 Å². The summed E-state index contributed by atoms with van der Waals surface area (Å²) in [5.41, 5.74) is 1.81. The quantitative estimate of drug-likeness (QED) is 0.419. The summed E-state index contributed by atoms with van der Waals surface area (Å²) in [5, 5.41) is 3.24. The summed E-state index contributed by atoms with van der Waals surface area (Å²) < 4.78 is 51.6. The lowest BCUT2D eigenvalue weighted by Crippen LogP contribution is -2.19. The van der Waals surface area contributed by atoms with Crippen LogP contribution < -0.4 is 5.32 Å². The van der Waals surface area contributed by atoms with Crippen molar-refractivity contribution in [3.63, 3.8) is 0 Å². The highest BCUT2D eigenvalue weighted by Crippen LogP contribution is 2.31.